The maximum Gasteiger partial charge on any atom is 0.0736 e. The minimum absolute atomic E-state index is 0.496. The average Bonchev–Trinajstić information content (AvgIpc) is 1.50. The lowest BCUT2D eigenvalue weighted by Gasteiger charge is -2.36. The second-order valence-corrected chi connectivity index (χ2v) is 35.3. The minimum Gasteiger partial charge on any atom is -0.139 e. The summed E-state index contributed by atoms with van der Waals surface area (Å²) in [5.41, 5.74) is 19.5. The maximum absolute atomic E-state index is 2.80. The number of benzene rings is 5. The lowest BCUT2D eigenvalue weighted by Crippen LogP contribution is -2.30. The van der Waals surface area contributed by atoms with Crippen molar-refractivity contribution in [3.05, 3.63) is 198 Å². The molecule has 4 heteroatoms. The molecule has 0 saturated carbocycles. The molecule has 0 radical (unpaired) electrons. The number of thiophene rings is 4. The number of hydrogen-bond donors (Lipinski definition) is 0. The second kappa shape index (κ2) is 38.6. The fraction of sp³-hybridized carbons (Fsp3) is 0.553. The van der Waals surface area contributed by atoms with E-state index < -0.39 is 10.8 Å². The average molecular weight is 1380 g/mol. The molecule has 11 rings (SSSR count). The molecule has 0 saturated heterocycles. The fourth-order valence-corrected chi connectivity index (χ4v) is 22.8. The molecular weight excluding hydrogens is 1260 g/mol. The van der Waals surface area contributed by atoms with Crippen LogP contribution in [0.5, 0.6) is 0 Å². The molecule has 0 fully saturated rings. The van der Waals surface area contributed by atoms with E-state index in [2.05, 4.69) is 186 Å². The third kappa shape index (κ3) is 18.1. The van der Waals surface area contributed by atoms with Gasteiger partial charge in [0.1, 0.15) is 0 Å². The Morgan fingerprint density at radius 1 is 0.245 bits per heavy atom. The molecule has 98 heavy (non-hydrogen) atoms. The van der Waals surface area contributed by atoms with E-state index >= 15 is 0 Å². The van der Waals surface area contributed by atoms with E-state index in [1.165, 1.54) is 373 Å². The Morgan fingerprint density at radius 3 is 0.684 bits per heavy atom. The number of rotatable bonds is 48. The van der Waals surface area contributed by atoms with E-state index in [1.807, 2.05) is 22.7 Å². The van der Waals surface area contributed by atoms with Gasteiger partial charge in [-0.15, -0.1) is 45.3 Å². The van der Waals surface area contributed by atoms with Gasteiger partial charge in [0.2, 0.25) is 0 Å². The van der Waals surface area contributed by atoms with Gasteiger partial charge in [-0.05, 0) is 156 Å². The van der Waals surface area contributed by atoms with Crippen LogP contribution in [0, 0.1) is 13.8 Å². The number of aryl methyl sites for hydroxylation is 6. The highest BCUT2D eigenvalue weighted by atomic mass is 32.1. The molecule has 0 atom stereocenters. The van der Waals surface area contributed by atoms with Crippen LogP contribution in [0.3, 0.4) is 0 Å². The molecule has 2 aliphatic carbocycles. The van der Waals surface area contributed by atoms with Crippen LogP contribution >= 0.6 is 45.3 Å². The van der Waals surface area contributed by atoms with Gasteiger partial charge in [0, 0.05) is 40.0 Å². The molecule has 4 heterocycles. The SMILES string of the molecule is CCCCCCCCCCCCc1ccc(C2(c3ccc(CCCCCCCCCCCC)cc3)c3cc4c(cc3-c3sc5cc(C)sc5c32)C(c2ccc(CCCCCCCCCCCC)cc2)(c2ccc(CCCCCCCCCCCC)cc2)c2c-4sc3cc(C)sc23)cc1. The first kappa shape index (κ1) is 74.6. The standard InChI is InChI=1S/C94H126S4/c1-7-11-15-19-23-27-31-35-39-43-47-73-51-59-77(60-52-73)93(78-61-53-74(54-62-78)48-44-40-36-32-28-24-20-16-12-8-2)83-69-82-84(70-81(83)89-87(93)91-85(97-89)67-71(5)95-91)94(88-90(82)98-86-68-72(6)96-92(86)88,79-63-55-75(56-64-79)49-45-41-37-33-29-25-21-17-13-9-3)80-65-57-76(58-66-80)50-46-42-38-34-30-26-22-18-14-10-4/h51-70H,7-50H2,1-6H3. The van der Waals surface area contributed by atoms with Crippen molar-refractivity contribution in [2.75, 3.05) is 0 Å². The van der Waals surface area contributed by atoms with Crippen molar-refractivity contribution >= 4 is 64.1 Å². The van der Waals surface area contributed by atoms with Crippen molar-refractivity contribution in [2.45, 2.75) is 335 Å². The van der Waals surface area contributed by atoms with Gasteiger partial charge in [-0.2, -0.15) is 0 Å². The lowest BCUT2D eigenvalue weighted by molar-refractivity contribution is 0.556. The Morgan fingerprint density at radius 2 is 0.459 bits per heavy atom. The quantitative estimate of drug-likeness (QED) is 0.0334. The van der Waals surface area contributed by atoms with E-state index in [1.54, 1.807) is 0 Å². The van der Waals surface area contributed by atoms with Gasteiger partial charge in [0.05, 0.1) is 20.2 Å². The molecule has 0 aliphatic heterocycles. The van der Waals surface area contributed by atoms with Gasteiger partial charge in [-0.25, -0.2) is 0 Å². The van der Waals surface area contributed by atoms with Crippen molar-refractivity contribution in [3.63, 3.8) is 0 Å². The fourth-order valence-electron chi connectivity index (χ4n) is 17.4. The monoisotopic (exact) mass is 1380 g/mol. The molecule has 526 valence electrons. The molecule has 2 aliphatic rings. The molecule has 0 N–H and O–H groups in total. The van der Waals surface area contributed by atoms with E-state index in [-0.39, 0.29) is 0 Å². The van der Waals surface area contributed by atoms with Crippen LogP contribution in [0.2, 0.25) is 0 Å². The first-order valence-electron chi connectivity index (χ1n) is 41.0. The van der Waals surface area contributed by atoms with Gasteiger partial charge in [-0.1, -0.05) is 356 Å². The van der Waals surface area contributed by atoms with Crippen LogP contribution in [-0.4, -0.2) is 0 Å². The highest BCUT2D eigenvalue weighted by Gasteiger charge is 2.54. The first-order valence-corrected chi connectivity index (χ1v) is 44.2. The predicted molar refractivity (Wildman–Crippen MR) is 439 cm³/mol. The van der Waals surface area contributed by atoms with Crippen molar-refractivity contribution < 1.29 is 0 Å². The summed E-state index contributed by atoms with van der Waals surface area (Å²) in [5.74, 6) is 0. The Balaban J connectivity index is 0.977. The van der Waals surface area contributed by atoms with Crippen LogP contribution in [-0.2, 0) is 36.5 Å². The lowest BCUT2D eigenvalue weighted by atomic mass is 9.65. The summed E-state index contributed by atoms with van der Waals surface area (Å²) < 4.78 is 5.86. The van der Waals surface area contributed by atoms with E-state index in [0.29, 0.717) is 0 Å². The maximum atomic E-state index is 2.80. The van der Waals surface area contributed by atoms with Crippen LogP contribution < -0.4 is 0 Å². The Kier molecular flexibility index (Phi) is 29.4. The topological polar surface area (TPSA) is 0 Å². The van der Waals surface area contributed by atoms with Crippen molar-refractivity contribution in [1.29, 1.82) is 0 Å². The van der Waals surface area contributed by atoms with Gasteiger partial charge in [0.25, 0.3) is 0 Å². The zero-order valence-electron chi connectivity index (χ0n) is 62.3. The van der Waals surface area contributed by atoms with Crippen molar-refractivity contribution in [2.24, 2.45) is 0 Å². The smallest absolute Gasteiger partial charge is 0.0736 e. The summed E-state index contributed by atoms with van der Waals surface area (Å²) in [6, 6.07) is 51.7. The highest BCUT2D eigenvalue weighted by molar-refractivity contribution is 7.30. The van der Waals surface area contributed by atoms with Crippen molar-refractivity contribution in [3.8, 4) is 20.9 Å². The van der Waals surface area contributed by atoms with Gasteiger partial charge in [0.15, 0.2) is 0 Å². The molecule has 4 aromatic heterocycles. The van der Waals surface area contributed by atoms with Gasteiger partial charge >= 0.3 is 0 Å². The first-order chi connectivity index (χ1) is 48.3. The molecular formula is C94H126S4. The summed E-state index contributed by atoms with van der Waals surface area (Å²) in [6.07, 6.45) is 59.5. The second-order valence-electron chi connectivity index (χ2n) is 30.7. The van der Waals surface area contributed by atoms with Crippen LogP contribution in [0.4, 0.5) is 0 Å². The number of fused-ring (bicyclic) bond motifs is 10. The molecule has 0 bridgehead atoms. The minimum atomic E-state index is -0.496. The molecule has 0 spiro atoms. The summed E-state index contributed by atoms with van der Waals surface area (Å²) >= 11 is 8.23. The van der Waals surface area contributed by atoms with Crippen LogP contribution in [0.15, 0.2) is 121 Å². The summed E-state index contributed by atoms with van der Waals surface area (Å²) in [7, 11) is 0. The summed E-state index contributed by atoms with van der Waals surface area (Å²) in [6.45, 7) is 14.0. The number of hydrogen-bond acceptors (Lipinski definition) is 4. The third-order valence-electron chi connectivity index (χ3n) is 23.0. The summed E-state index contributed by atoms with van der Waals surface area (Å²) in [4.78, 5) is 5.78. The molecule has 9 aromatic rings. The molecule has 0 unspecified atom stereocenters. The van der Waals surface area contributed by atoms with Crippen LogP contribution in [0.25, 0.3) is 39.7 Å². The molecule has 0 amide bonds. The largest absolute Gasteiger partial charge is 0.139 e. The Labute approximate surface area is 613 Å². The normalized spacial score (nSPS) is 13.5. The van der Waals surface area contributed by atoms with Gasteiger partial charge < -0.3 is 0 Å². The highest BCUT2D eigenvalue weighted by Crippen LogP contribution is 2.68. The zero-order valence-corrected chi connectivity index (χ0v) is 65.6. The third-order valence-corrected chi connectivity index (χ3v) is 27.7. The predicted octanol–water partition coefficient (Wildman–Crippen LogP) is 31.4. The zero-order chi connectivity index (χ0) is 67.8. The molecule has 5 aromatic carbocycles. The van der Waals surface area contributed by atoms with E-state index in [0.717, 1.165) is 25.7 Å². The van der Waals surface area contributed by atoms with Crippen LogP contribution in [0.1, 0.15) is 361 Å². The van der Waals surface area contributed by atoms with E-state index in [4.69, 9.17) is 0 Å². The van der Waals surface area contributed by atoms with Crippen molar-refractivity contribution in [1.82, 2.24) is 0 Å². The van der Waals surface area contributed by atoms with Gasteiger partial charge in [-0.3, -0.25) is 0 Å². The Bertz CT molecular complexity index is 3390. The summed E-state index contributed by atoms with van der Waals surface area (Å²) in [5, 5.41) is 0. The number of unbranched alkanes of at least 4 members (excludes halogenated alkanes) is 36. The molecule has 0 nitrogen and oxygen atoms in total. The van der Waals surface area contributed by atoms with E-state index in [9.17, 15) is 0 Å². The Hall–Kier alpha value is -4.58.